The lowest BCUT2D eigenvalue weighted by atomic mass is 10.3. The van der Waals surface area contributed by atoms with Crippen molar-refractivity contribution in [2.24, 2.45) is 0 Å². The minimum Gasteiger partial charge on any atom is -0.480 e. The van der Waals surface area contributed by atoms with Gasteiger partial charge in [0.05, 0.1) is 10.4 Å². The second-order valence-electron chi connectivity index (χ2n) is 4.00. The number of aliphatic carboxylic acids is 1. The summed E-state index contributed by atoms with van der Waals surface area (Å²) in [7, 11) is 0. The summed E-state index contributed by atoms with van der Waals surface area (Å²) >= 11 is 2.79. The number of imidazole rings is 1. The summed E-state index contributed by atoms with van der Waals surface area (Å²) in [5, 5.41) is 13.1. The van der Waals surface area contributed by atoms with E-state index in [-0.39, 0.29) is 5.91 Å². The molecule has 0 radical (unpaired) electrons. The predicted octanol–water partition coefficient (Wildman–Crippen LogP) is 1.81. The summed E-state index contributed by atoms with van der Waals surface area (Å²) in [6, 6.07) is 0.821. The number of carbonyl (C=O) groups excluding carboxylic acids is 1. The van der Waals surface area contributed by atoms with Crippen molar-refractivity contribution in [2.45, 2.75) is 13.0 Å². The van der Waals surface area contributed by atoms with Gasteiger partial charge in [-0.2, -0.15) is 0 Å². The highest BCUT2D eigenvalue weighted by Crippen LogP contribution is 2.28. The molecule has 1 unspecified atom stereocenters. The van der Waals surface area contributed by atoms with Crippen LogP contribution >= 0.6 is 22.7 Å². The molecule has 0 spiro atoms. The lowest BCUT2D eigenvalue weighted by molar-refractivity contribution is -0.138. The molecule has 0 aliphatic rings. The molecule has 3 aromatic rings. The first kappa shape index (κ1) is 12.1. The molecule has 6 nitrogen and oxygen atoms in total. The molecule has 0 fully saturated rings. The summed E-state index contributed by atoms with van der Waals surface area (Å²) < 4.78 is 1.91. The fourth-order valence-electron chi connectivity index (χ4n) is 1.69. The molecule has 19 heavy (non-hydrogen) atoms. The van der Waals surface area contributed by atoms with E-state index in [1.54, 1.807) is 6.07 Å². The predicted molar refractivity (Wildman–Crippen MR) is 73.0 cm³/mol. The first-order chi connectivity index (χ1) is 9.06. The van der Waals surface area contributed by atoms with E-state index in [0.717, 1.165) is 15.3 Å². The second-order valence-corrected chi connectivity index (χ2v) is 5.91. The molecule has 3 aromatic heterocycles. The van der Waals surface area contributed by atoms with Crippen molar-refractivity contribution in [1.29, 1.82) is 0 Å². The minimum atomic E-state index is -1.06. The van der Waals surface area contributed by atoms with Gasteiger partial charge in [-0.1, -0.05) is 0 Å². The summed E-state index contributed by atoms with van der Waals surface area (Å²) in [5.41, 5.74) is 0.870. The molecule has 98 valence electrons. The van der Waals surface area contributed by atoms with Crippen molar-refractivity contribution in [2.75, 3.05) is 0 Å². The van der Waals surface area contributed by atoms with Crippen LogP contribution in [0.3, 0.4) is 0 Å². The van der Waals surface area contributed by atoms with E-state index in [0.29, 0.717) is 4.88 Å². The zero-order valence-electron chi connectivity index (χ0n) is 9.78. The van der Waals surface area contributed by atoms with Gasteiger partial charge in [-0.05, 0) is 13.0 Å². The summed E-state index contributed by atoms with van der Waals surface area (Å²) in [6.45, 7) is 1.43. The number of carbonyl (C=O) groups is 2. The number of rotatable bonds is 3. The Balaban J connectivity index is 1.94. The smallest absolute Gasteiger partial charge is 0.325 e. The normalized spacial score (nSPS) is 12.9. The number of hydrogen-bond acceptors (Lipinski definition) is 5. The van der Waals surface area contributed by atoms with Crippen molar-refractivity contribution in [3.05, 3.63) is 22.5 Å². The Morgan fingerprint density at radius 3 is 3.05 bits per heavy atom. The molecule has 1 atom stereocenters. The number of hydrogen-bond donors (Lipinski definition) is 2. The Morgan fingerprint density at radius 2 is 2.32 bits per heavy atom. The maximum Gasteiger partial charge on any atom is 0.325 e. The van der Waals surface area contributed by atoms with E-state index >= 15 is 0 Å². The number of fused-ring (bicyclic) bond motifs is 3. The molecule has 0 saturated heterocycles. The zero-order valence-corrected chi connectivity index (χ0v) is 11.4. The Bertz CT molecular complexity index is 786. The van der Waals surface area contributed by atoms with Gasteiger partial charge in [0.1, 0.15) is 10.9 Å². The molecule has 8 heteroatoms. The zero-order chi connectivity index (χ0) is 13.6. The van der Waals surface area contributed by atoms with Crippen LogP contribution in [-0.2, 0) is 4.79 Å². The van der Waals surface area contributed by atoms with Crippen molar-refractivity contribution in [3.8, 4) is 0 Å². The van der Waals surface area contributed by atoms with Gasteiger partial charge < -0.3 is 10.4 Å². The van der Waals surface area contributed by atoms with Crippen molar-refractivity contribution < 1.29 is 14.7 Å². The van der Waals surface area contributed by atoms with Crippen LogP contribution < -0.4 is 5.32 Å². The van der Waals surface area contributed by atoms with Gasteiger partial charge in [0.25, 0.3) is 5.91 Å². The van der Waals surface area contributed by atoms with E-state index in [1.165, 1.54) is 29.6 Å². The molecule has 2 N–H and O–H groups in total. The number of thiazole rings is 1. The van der Waals surface area contributed by atoms with Crippen LogP contribution in [0.15, 0.2) is 17.6 Å². The van der Waals surface area contributed by atoms with Crippen LogP contribution in [-0.4, -0.2) is 32.4 Å². The quantitative estimate of drug-likeness (QED) is 0.772. The third-order valence-electron chi connectivity index (χ3n) is 2.68. The molecule has 0 bridgehead atoms. The maximum absolute atomic E-state index is 11.9. The summed E-state index contributed by atoms with van der Waals surface area (Å²) in [4.78, 5) is 29.1. The summed E-state index contributed by atoms with van der Waals surface area (Å²) in [5.74, 6) is -1.45. The molecule has 0 aliphatic carbocycles. The molecule has 0 aromatic carbocycles. The SMILES string of the molecule is CC(NC(=O)c1cc2c(nc3sccn32)s1)C(=O)O. The monoisotopic (exact) mass is 295 g/mol. The molecule has 1 amide bonds. The van der Waals surface area contributed by atoms with Crippen LogP contribution in [0.1, 0.15) is 16.6 Å². The third kappa shape index (κ3) is 1.98. The highest BCUT2D eigenvalue weighted by Gasteiger charge is 2.19. The molecule has 3 heterocycles. The van der Waals surface area contributed by atoms with Gasteiger partial charge in [0, 0.05) is 11.6 Å². The third-order valence-corrected chi connectivity index (χ3v) is 4.46. The van der Waals surface area contributed by atoms with Gasteiger partial charge in [-0.25, -0.2) is 4.98 Å². The minimum absolute atomic E-state index is 0.387. The molecular weight excluding hydrogens is 286 g/mol. The average Bonchev–Trinajstić information content (AvgIpc) is 2.98. The summed E-state index contributed by atoms with van der Waals surface area (Å²) in [6.07, 6.45) is 1.89. The molecule has 0 aliphatic heterocycles. The average molecular weight is 295 g/mol. The number of nitrogens with zero attached hydrogens (tertiary/aromatic N) is 2. The Hall–Kier alpha value is -1.93. The number of carboxylic acids is 1. The van der Waals surface area contributed by atoms with Gasteiger partial charge in [0.2, 0.25) is 0 Å². The maximum atomic E-state index is 11.9. The number of thiophene rings is 1. The van der Waals surface area contributed by atoms with Crippen LogP contribution in [0.5, 0.6) is 0 Å². The Labute approximate surface area is 115 Å². The topological polar surface area (TPSA) is 83.7 Å². The van der Waals surface area contributed by atoms with Gasteiger partial charge in [-0.15, -0.1) is 22.7 Å². The Kier molecular flexibility index (Phi) is 2.76. The highest BCUT2D eigenvalue weighted by molar-refractivity contribution is 7.21. The number of aromatic nitrogens is 2. The van der Waals surface area contributed by atoms with Gasteiger partial charge >= 0.3 is 5.97 Å². The van der Waals surface area contributed by atoms with Crippen LogP contribution in [0.2, 0.25) is 0 Å². The second kappa shape index (κ2) is 4.32. The fraction of sp³-hybridized carbons (Fsp3) is 0.182. The molecule has 3 rings (SSSR count). The number of nitrogens with one attached hydrogen (secondary N) is 1. The van der Waals surface area contributed by atoms with Crippen molar-refractivity contribution >= 4 is 49.9 Å². The Morgan fingerprint density at radius 1 is 1.53 bits per heavy atom. The molecular formula is C11H9N3O3S2. The van der Waals surface area contributed by atoms with E-state index in [1.807, 2.05) is 16.0 Å². The van der Waals surface area contributed by atoms with Crippen LogP contribution in [0, 0.1) is 0 Å². The number of amides is 1. The number of carboxylic acid groups (broad SMARTS) is 1. The van der Waals surface area contributed by atoms with E-state index in [9.17, 15) is 9.59 Å². The van der Waals surface area contributed by atoms with Crippen molar-refractivity contribution in [1.82, 2.24) is 14.7 Å². The van der Waals surface area contributed by atoms with Crippen molar-refractivity contribution in [3.63, 3.8) is 0 Å². The van der Waals surface area contributed by atoms with Gasteiger partial charge in [-0.3, -0.25) is 14.0 Å². The van der Waals surface area contributed by atoms with E-state index in [4.69, 9.17) is 5.11 Å². The fourth-order valence-corrected chi connectivity index (χ4v) is 3.39. The first-order valence-electron chi connectivity index (χ1n) is 5.45. The van der Waals surface area contributed by atoms with Crippen LogP contribution in [0.25, 0.3) is 15.3 Å². The lowest BCUT2D eigenvalue weighted by Crippen LogP contribution is -2.37. The lowest BCUT2D eigenvalue weighted by Gasteiger charge is -2.07. The molecule has 0 saturated carbocycles. The largest absolute Gasteiger partial charge is 0.480 e. The van der Waals surface area contributed by atoms with E-state index < -0.39 is 12.0 Å². The van der Waals surface area contributed by atoms with Crippen LogP contribution in [0.4, 0.5) is 0 Å². The highest BCUT2D eigenvalue weighted by atomic mass is 32.1. The van der Waals surface area contributed by atoms with Gasteiger partial charge in [0.15, 0.2) is 4.96 Å². The standard InChI is InChI=1S/C11H9N3O3S2/c1-5(10(16)17)12-8(15)7-4-6-9(19-7)13-11-14(6)2-3-18-11/h2-5H,1H3,(H,12,15)(H,16,17). The first-order valence-corrected chi connectivity index (χ1v) is 7.14. The van der Waals surface area contributed by atoms with E-state index in [2.05, 4.69) is 10.3 Å².